The summed E-state index contributed by atoms with van der Waals surface area (Å²) in [6, 6.07) is 9.40. The number of hydrogen-bond donors (Lipinski definition) is 2. The van der Waals surface area contributed by atoms with Crippen molar-refractivity contribution in [3.63, 3.8) is 0 Å². The molecule has 2 rings (SSSR count). The lowest BCUT2D eigenvalue weighted by Gasteiger charge is -2.10. The maximum atomic E-state index is 12.3. The van der Waals surface area contributed by atoms with Crippen LogP contribution in [0.2, 0.25) is 0 Å². The van der Waals surface area contributed by atoms with Gasteiger partial charge in [-0.15, -0.1) is 0 Å². The van der Waals surface area contributed by atoms with Crippen molar-refractivity contribution in [3.05, 3.63) is 52.3 Å². The maximum Gasteiger partial charge on any atom is 0.274 e. The molecule has 122 valence electrons. The van der Waals surface area contributed by atoms with Gasteiger partial charge in [0.25, 0.3) is 5.91 Å². The van der Waals surface area contributed by atoms with Gasteiger partial charge in [-0.3, -0.25) is 4.79 Å². The molecule has 0 aliphatic carbocycles. The Morgan fingerprint density at radius 2 is 2.04 bits per heavy atom. The van der Waals surface area contributed by atoms with Gasteiger partial charge >= 0.3 is 0 Å². The quantitative estimate of drug-likeness (QED) is 0.757. The summed E-state index contributed by atoms with van der Waals surface area (Å²) in [5, 5.41) is 6.17. The van der Waals surface area contributed by atoms with Crippen molar-refractivity contribution >= 4 is 33.2 Å². The zero-order valence-corrected chi connectivity index (χ0v) is 15.3. The number of hydrogen-bond acceptors (Lipinski definition) is 3. The first-order chi connectivity index (χ1) is 11.0. The molecule has 0 aliphatic heterocycles. The number of aryl methyl sites for hydroxylation is 1. The average Bonchev–Trinajstić information content (AvgIpc) is 2.50. The molecule has 0 unspecified atom stereocenters. The first-order valence-electron chi connectivity index (χ1n) is 7.73. The van der Waals surface area contributed by atoms with Crippen molar-refractivity contribution in [2.45, 2.75) is 27.2 Å². The van der Waals surface area contributed by atoms with Gasteiger partial charge in [0.2, 0.25) is 0 Å². The van der Waals surface area contributed by atoms with Gasteiger partial charge in [0, 0.05) is 11.0 Å². The molecular weight excluding hydrogens is 354 g/mol. The minimum absolute atomic E-state index is 0.219. The van der Waals surface area contributed by atoms with Crippen molar-refractivity contribution in [3.8, 4) is 0 Å². The molecule has 0 fully saturated rings. The summed E-state index contributed by atoms with van der Waals surface area (Å²) in [4.78, 5) is 16.5. The highest BCUT2D eigenvalue weighted by Crippen LogP contribution is 2.23. The van der Waals surface area contributed by atoms with Gasteiger partial charge in [-0.2, -0.15) is 0 Å². The molecule has 0 bridgehead atoms. The van der Waals surface area contributed by atoms with Crippen molar-refractivity contribution in [1.29, 1.82) is 0 Å². The van der Waals surface area contributed by atoms with E-state index in [2.05, 4.69) is 45.4 Å². The normalized spacial score (nSPS) is 10.7. The van der Waals surface area contributed by atoms with Crippen LogP contribution in [0.15, 0.2) is 41.0 Å². The predicted octanol–water partition coefficient (Wildman–Crippen LogP) is 4.86. The molecule has 1 aromatic heterocycles. The van der Waals surface area contributed by atoms with Gasteiger partial charge in [0.15, 0.2) is 0 Å². The number of nitrogens with one attached hydrogen (secondary N) is 2. The third-order valence-electron chi connectivity index (χ3n) is 3.42. The van der Waals surface area contributed by atoms with E-state index in [1.54, 1.807) is 12.3 Å². The molecule has 1 aromatic carbocycles. The van der Waals surface area contributed by atoms with Gasteiger partial charge in [-0.1, -0.05) is 19.9 Å². The summed E-state index contributed by atoms with van der Waals surface area (Å²) < 4.78 is 0.859. The van der Waals surface area contributed by atoms with E-state index in [1.807, 2.05) is 31.2 Å². The van der Waals surface area contributed by atoms with E-state index in [1.165, 1.54) is 0 Å². The molecule has 1 amide bonds. The number of carbonyl (C=O) groups is 1. The van der Waals surface area contributed by atoms with Crippen LogP contribution in [0.1, 0.15) is 36.3 Å². The summed E-state index contributed by atoms with van der Waals surface area (Å²) in [5.41, 5.74) is 3.19. The van der Waals surface area contributed by atoms with E-state index in [9.17, 15) is 4.79 Å². The van der Waals surface area contributed by atoms with Crippen molar-refractivity contribution < 1.29 is 4.79 Å². The van der Waals surface area contributed by atoms with Gasteiger partial charge in [-0.25, -0.2) is 4.98 Å². The third-order valence-corrected chi connectivity index (χ3v) is 4.08. The van der Waals surface area contributed by atoms with Gasteiger partial charge in [0.1, 0.15) is 5.69 Å². The number of aromatic nitrogens is 1. The number of halogens is 1. The van der Waals surface area contributed by atoms with E-state index in [0.29, 0.717) is 11.6 Å². The monoisotopic (exact) mass is 375 g/mol. The molecule has 0 saturated heterocycles. The van der Waals surface area contributed by atoms with Crippen LogP contribution in [-0.2, 0) is 0 Å². The molecule has 23 heavy (non-hydrogen) atoms. The molecule has 4 nitrogen and oxygen atoms in total. The topological polar surface area (TPSA) is 54.0 Å². The summed E-state index contributed by atoms with van der Waals surface area (Å²) in [5.74, 6) is 0.441. The van der Waals surface area contributed by atoms with Crippen LogP contribution in [0.25, 0.3) is 0 Å². The molecule has 0 aliphatic rings. The minimum atomic E-state index is -0.219. The van der Waals surface area contributed by atoms with Crippen LogP contribution in [0.4, 0.5) is 11.4 Å². The van der Waals surface area contributed by atoms with E-state index in [4.69, 9.17) is 0 Å². The van der Waals surface area contributed by atoms with Crippen LogP contribution >= 0.6 is 15.9 Å². The molecular formula is C18H22BrN3O. The second-order valence-corrected chi connectivity index (χ2v) is 6.83. The Morgan fingerprint density at radius 1 is 1.26 bits per heavy atom. The second-order valence-electron chi connectivity index (χ2n) is 5.98. The molecule has 1 heterocycles. The summed E-state index contributed by atoms with van der Waals surface area (Å²) >= 11 is 3.45. The van der Waals surface area contributed by atoms with Crippen LogP contribution in [0, 0.1) is 12.8 Å². The third kappa shape index (κ3) is 5.36. The Morgan fingerprint density at radius 3 is 2.65 bits per heavy atom. The Hall–Kier alpha value is -1.88. The lowest BCUT2D eigenvalue weighted by molar-refractivity contribution is 0.102. The second kappa shape index (κ2) is 8.11. The number of nitrogens with zero attached hydrogens (tertiary/aromatic N) is 1. The fourth-order valence-electron chi connectivity index (χ4n) is 2.05. The first-order valence-corrected chi connectivity index (χ1v) is 8.52. The fraction of sp³-hybridized carbons (Fsp3) is 0.333. The molecule has 0 saturated carbocycles. The van der Waals surface area contributed by atoms with Crippen LogP contribution in [-0.4, -0.2) is 17.4 Å². The number of amides is 1. The van der Waals surface area contributed by atoms with Crippen LogP contribution in [0.3, 0.4) is 0 Å². The molecule has 5 heteroatoms. The number of anilines is 2. The highest BCUT2D eigenvalue weighted by atomic mass is 79.9. The standard InChI is InChI=1S/C18H22BrN3O/c1-12(2)8-9-20-14-5-7-17(21-11-14)18(23)22-16-6-4-13(3)10-15(16)19/h4-7,10-12,20H,8-9H2,1-3H3,(H,22,23). The highest BCUT2D eigenvalue weighted by molar-refractivity contribution is 9.10. The average molecular weight is 376 g/mol. The SMILES string of the molecule is Cc1ccc(NC(=O)c2ccc(NCCC(C)C)cn2)c(Br)c1. The molecule has 0 spiro atoms. The smallest absolute Gasteiger partial charge is 0.274 e. The van der Waals surface area contributed by atoms with Crippen molar-refractivity contribution in [2.75, 3.05) is 17.2 Å². The summed E-state index contributed by atoms with van der Waals surface area (Å²) in [6.07, 6.45) is 2.79. The summed E-state index contributed by atoms with van der Waals surface area (Å²) in [6.45, 7) is 7.29. The zero-order chi connectivity index (χ0) is 16.8. The Balaban J connectivity index is 1.97. The largest absolute Gasteiger partial charge is 0.384 e. The molecule has 0 atom stereocenters. The lowest BCUT2D eigenvalue weighted by atomic mass is 10.1. The molecule has 2 N–H and O–H groups in total. The van der Waals surface area contributed by atoms with Gasteiger partial charge in [0.05, 0.1) is 17.6 Å². The number of pyridine rings is 1. The molecule has 0 radical (unpaired) electrons. The highest BCUT2D eigenvalue weighted by Gasteiger charge is 2.09. The minimum Gasteiger partial charge on any atom is -0.384 e. The predicted molar refractivity (Wildman–Crippen MR) is 99.0 cm³/mol. The Bertz CT molecular complexity index is 668. The Labute approximate surface area is 145 Å². The summed E-state index contributed by atoms with van der Waals surface area (Å²) in [7, 11) is 0. The Kier molecular flexibility index (Phi) is 6.16. The van der Waals surface area contributed by atoms with Gasteiger partial charge < -0.3 is 10.6 Å². The lowest BCUT2D eigenvalue weighted by Crippen LogP contribution is -2.14. The first kappa shape index (κ1) is 17.5. The molecule has 2 aromatic rings. The maximum absolute atomic E-state index is 12.3. The van der Waals surface area contributed by atoms with E-state index < -0.39 is 0 Å². The van der Waals surface area contributed by atoms with E-state index >= 15 is 0 Å². The van der Waals surface area contributed by atoms with Gasteiger partial charge in [-0.05, 0) is 65.0 Å². The van der Waals surface area contributed by atoms with E-state index in [-0.39, 0.29) is 5.91 Å². The van der Waals surface area contributed by atoms with Crippen molar-refractivity contribution in [1.82, 2.24) is 4.98 Å². The number of carbonyl (C=O) groups excluding carboxylic acids is 1. The van der Waals surface area contributed by atoms with Crippen LogP contribution < -0.4 is 10.6 Å². The fourth-order valence-corrected chi connectivity index (χ4v) is 2.64. The van der Waals surface area contributed by atoms with Crippen molar-refractivity contribution in [2.24, 2.45) is 5.92 Å². The van der Waals surface area contributed by atoms with E-state index in [0.717, 1.165) is 34.4 Å². The number of benzene rings is 1. The van der Waals surface area contributed by atoms with Crippen LogP contribution in [0.5, 0.6) is 0 Å². The number of rotatable bonds is 6. The zero-order valence-electron chi connectivity index (χ0n) is 13.7.